The number of halogens is 4. The van der Waals surface area contributed by atoms with E-state index < -0.39 is 30.0 Å². The summed E-state index contributed by atoms with van der Waals surface area (Å²) >= 11 is 0. The van der Waals surface area contributed by atoms with E-state index in [1.54, 1.807) is 14.0 Å². The molecular weight excluding hydrogens is 500 g/mol. The fraction of sp³-hybridized carbons (Fsp3) is 0.517. The van der Waals surface area contributed by atoms with Crippen molar-refractivity contribution in [2.24, 2.45) is 0 Å². The third-order valence-corrected chi connectivity index (χ3v) is 7.06. The second-order valence-electron chi connectivity index (χ2n) is 9.69. The summed E-state index contributed by atoms with van der Waals surface area (Å²) in [6.45, 7) is 5.47. The topological polar surface area (TPSA) is 34.2 Å². The van der Waals surface area contributed by atoms with Crippen LogP contribution in [0.5, 0.6) is 0 Å². The molecule has 0 saturated carbocycles. The molecule has 38 heavy (non-hydrogen) atoms. The third kappa shape index (κ3) is 7.33. The van der Waals surface area contributed by atoms with Crippen molar-refractivity contribution in [3.05, 3.63) is 71.0 Å². The molecule has 2 aliphatic heterocycles. The zero-order valence-electron chi connectivity index (χ0n) is 21.7. The Bertz CT molecular complexity index is 1100. The van der Waals surface area contributed by atoms with Gasteiger partial charge in [-0.25, -0.2) is 4.39 Å². The van der Waals surface area contributed by atoms with Gasteiger partial charge >= 0.3 is 6.18 Å². The number of rotatable bonds is 8. The van der Waals surface area contributed by atoms with Crippen LogP contribution in [0.3, 0.4) is 0 Å². The minimum Gasteiger partial charge on any atom is -0.383 e. The molecule has 2 aromatic carbocycles. The quantitative estimate of drug-likeness (QED) is 0.333. The summed E-state index contributed by atoms with van der Waals surface area (Å²) in [5, 5.41) is 0. The van der Waals surface area contributed by atoms with Gasteiger partial charge < -0.3 is 14.2 Å². The lowest BCUT2D eigenvalue weighted by Gasteiger charge is -2.41. The molecule has 2 heterocycles. The first-order chi connectivity index (χ1) is 18.3. The van der Waals surface area contributed by atoms with Crippen molar-refractivity contribution < 1.29 is 31.8 Å². The minimum absolute atomic E-state index is 0.0980. The summed E-state index contributed by atoms with van der Waals surface area (Å²) in [6.07, 6.45) is -4.00. The summed E-state index contributed by atoms with van der Waals surface area (Å²) in [6, 6.07) is 12.2. The lowest BCUT2D eigenvalue weighted by Crippen LogP contribution is -2.46. The molecule has 9 heteroatoms. The summed E-state index contributed by atoms with van der Waals surface area (Å²) in [5.41, 5.74) is -0.00299. The molecule has 2 aromatic rings. The largest absolute Gasteiger partial charge is 0.416 e. The molecule has 2 saturated heterocycles. The molecule has 0 aromatic heterocycles. The molecule has 0 spiro atoms. The number of morpholine rings is 1. The predicted molar refractivity (Wildman–Crippen MR) is 136 cm³/mol. The average molecular weight is 535 g/mol. The van der Waals surface area contributed by atoms with Gasteiger partial charge in [-0.1, -0.05) is 42.2 Å². The number of hydrogen-bond donors (Lipinski definition) is 0. The summed E-state index contributed by atoms with van der Waals surface area (Å²) in [4.78, 5) is 4.50. The van der Waals surface area contributed by atoms with Crippen molar-refractivity contribution in [1.29, 1.82) is 0 Å². The maximum Gasteiger partial charge on any atom is 0.416 e. The molecule has 2 fully saturated rings. The first-order valence-corrected chi connectivity index (χ1v) is 12.9. The van der Waals surface area contributed by atoms with Gasteiger partial charge in [-0.3, -0.25) is 9.80 Å². The number of methoxy groups -OCH3 is 1. The summed E-state index contributed by atoms with van der Waals surface area (Å²) in [5.74, 6) is 5.62. The van der Waals surface area contributed by atoms with Gasteiger partial charge in [-0.05, 0) is 55.6 Å². The molecule has 4 atom stereocenters. The highest BCUT2D eigenvalue weighted by molar-refractivity contribution is 5.28. The van der Waals surface area contributed by atoms with E-state index in [1.807, 2.05) is 30.3 Å². The Morgan fingerprint density at radius 2 is 1.79 bits per heavy atom. The van der Waals surface area contributed by atoms with Crippen molar-refractivity contribution in [2.45, 2.75) is 50.4 Å². The molecule has 4 rings (SSSR count). The van der Waals surface area contributed by atoms with Crippen LogP contribution in [-0.4, -0.2) is 68.6 Å². The van der Waals surface area contributed by atoms with E-state index in [4.69, 9.17) is 14.2 Å². The molecule has 0 radical (unpaired) electrons. The lowest BCUT2D eigenvalue weighted by molar-refractivity contribution is -0.228. The molecule has 0 N–H and O–H groups in total. The number of benzene rings is 2. The van der Waals surface area contributed by atoms with E-state index >= 15 is 0 Å². The monoisotopic (exact) mass is 534 g/mol. The van der Waals surface area contributed by atoms with Gasteiger partial charge in [0.15, 0.2) is 6.29 Å². The molecule has 2 unspecified atom stereocenters. The maximum absolute atomic E-state index is 14.0. The van der Waals surface area contributed by atoms with E-state index in [2.05, 4.69) is 21.6 Å². The number of alkyl halides is 3. The molecule has 0 aliphatic carbocycles. The Hall–Kier alpha value is -2.48. The number of hydrogen-bond acceptors (Lipinski definition) is 5. The van der Waals surface area contributed by atoms with Crippen LogP contribution in [0.15, 0.2) is 48.5 Å². The fourth-order valence-electron chi connectivity index (χ4n) is 5.09. The zero-order chi connectivity index (χ0) is 27.1. The minimum atomic E-state index is -4.65. The van der Waals surface area contributed by atoms with E-state index in [0.717, 1.165) is 37.1 Å². The Balaban J connectivity index is 1.49. The predicted octanol–water partition coefficient (Wildman–Crippen LogP) is 5.44. The second kappa shape index (κ2) is 13.0. The van der Waals surface area contributed by atoms with Gasteiger partial charge in [-0.15, -0.1) is 0 Å². The van der Waals surface area contributed by atoms with Gasteiger partial charge in [0.25, 0.3) is 0 Å². The van der Waals surface area contributed by atoms with Crippen LogP contribution in [0, 0.1) is 17.7 Å². The van der Waals surface area contributed by atoms with Crippen LogP contribution in [0.2, 0.25) is 0 Å². The van der Waals surface area contributed by atoms with E-state index in [0.29, 0.717) is 45.0 Å². The average Bonchev–Trinajstić information content (AvgIpc) is 3.33. The summed E-state index contributed by atoms with van der Waals surface area (Å²) < 4.78 is 71.2. The highest BCUT2D eigenvalue weighted by Crippen LogP contribution is 2.36. The van der Waals surface area contributed by atoms with Crippen LogP contribution >= 0.6 is 0 Å². The first-order valence-electron chi connectivity index (χ1n) is 12.9. The SMILES string of the molecule is COC[C@@H]1CCCN1CC#CCN1CCOC(O[C@H](C)c2cc(F)cc(C(F)(F)F)c2)C1c1ccccc1. The van der Waals surface area contributed by atoms with E-state index in [9.17, 15) is 17.6 Å². The van der Waals surface area contributed by atoms with Gasteiger partial charge in [0.2, 0.25) is 0 Å². The Labute approximate surface area is 221 Å². The maximum atomic E-state index is 14.0. The molecule has 2 aliphatic rings. The smallest absolute Gasteiger partial charge is 0.383 e. The van der Waals surface area contributed by atoms with Gasteiger partial charge in [0.1, 0.15) is 5.82 Å². The van der Waals surface area contributed by atoms with Crippen molar-refractivity contribution in [3.63, 3.8) is 0 Å². The van der Waals surface area contributed by atoms with Gasteiger partial charge in [0.05, 0.1) is 44.0 Å². The van der Waals surface area contributed by atoms with Crippen LogP contribution in [0.4, 0.5) is 17.6 Å². The van der Waals surface area contributed by atoms with Gasteiger partial charge in [-0.2, -0.15) is 13.2 Å². The Morgan fingerprint density at radius 1 is 1.05 bits per heavy atom. The molecule has 0 bridgehead atoms. The summed E-state index contributed by atoms with van der Waals surface area (Å²) in [7, 11) is 1.72. The van der Waals surface area contributed by atoms with Crippen molar-refractivity contribution in [3.8, 4) is 11.8 Å². The Morgan fingerprint density at radius 3 is 2.50 bits per heavy atom. The van der Waals surface area contributed by atoms with Crippen molar-refractivity contribution in [2.75, 3.05) is 46.5 Å². The molecule has 206 valence electrons. The molecule has 0 amide bonds. The first kappa shape index (κ1) is 28.5. The number of ether oxygens (including phenoxy) is 3. The van der Waals surface area contributed by atoms with Crippen molar-refractivity contribution in [1.82, 2.24) is 9.80 Å². The van der Waals surface area contributed by atoms with Gasteiger partial charge in [0, 0.05) is 19.7 Å². The second-order valence-corrected chi connectivity index (χ2v) is 9.69. The van der Waals surface area contributed by atoms with Crippen LogP contribution in [-0.2, 0) is 20.4 Å². The van der Waals surface area contributed by atoms with Crippen LogP contribution < -0.4 is 0 Å². The normalized spacial score (nSPS) is 23.7. The number of likely N-dealkylation sites (tertiary alicyclic amines) is 1. The Kier molecular flexibility index (Phi) is 9.80. The highest BCUT2D eigenvalue weighted by Gasteiger charge is 2.36. The van der Waals surface area contributed by atoms with Crippen molar-refractivity contribution >= 4 is 0 Å². The highest BCUT2D eigenvalue weighted by atomic mass is 19.4. The number of nitrogens with zero attached hydrogens (tertiary/aromatic N) is 2. The van der Waals surface area contributed by atoms with E-state index in [1.165, 1.54) is 0 Å². The molecule has 5 nitrogen and oxygen atoms in total. The van der Waals surface area contributed by atoms with Crippen LogP contribution in [0.1, 0.15) is 48.6 Å². The fourth-order valence-corrected chi connectivity index (χ4v) is 5.09. The standard InChI is InChI=1S/C29H34F4N2O3/c1-21(23-17-24(29(31,32)33)19-25(30)18-23)38-28-27(22-9-4-3-5-10-22)35(15-16-37-28)13-7-6-12-34-14-8-11-26(34)20-36-2/h3-5,9-10,17-19,21,26-28H,8,11-16,20H2,1-2H3/t21-,26+,27?,28?/m1/s1. The zero-order valence-corrected chi connectivity index (χ0v) is 21.7. The van der Waals surface area contributed by atoms with E-state index in [-0.39, 0.29) is 11.6 Å². The van der Waals surface area contributed by atoms with Crippen LogP contribution in [0.25, 0.3) is 0 Å². The lowest BCUT2D eigenvalue weighted by atomic mass is 10.0. The molecular formula is C29H34F4N2O3. The third-order valence-electron chi connectivity index (χ3n) is 7.06.